The molecule has 1 heterocycles. The summed E-state index contributed by atoms with van der Waals surface area (Å²) in [7, 11) is 0. The van der Waals surface area contributed by atoms with Gasteiger partial charge in [-0.25, -0.2) is 0 Å². The summed E-state index contributed by atoms with van der Waals surface area (Å²) in [5.74, 6) is -1.01. The number of allylic oxidation sites excluding steroid dienone is 1. The van der Waals surface area contributed by atoms with E-state index in [1.54, 1.807) is 6.08 Å². The topological polar surface area (TPSA) is 73.3 Å². The lowest BCUT2D eigenvalue weighted by Crippen LogP contribution is -1.96. The van der Waals surface area contributed by atoms with Crippen LogP contribution < -0.4 is 0 Å². The van der Waals surface area contributed by atoms with Gasteiger partial charge in [0.25, 0.3) is 0 Å². The molecule has 0 atom stereocenters. The number of aryl methyl sites for hydroxylation is 1. The van der Waals surface area contributed by atoms with Gasteiger partial charge in [-0.05, 0) is 52.2 Å². The molecular weight excluding hydrogens is 406 g/mol. The summed E-state index contributed by atoms with van der Waals surface area (Å²) in [5, 5.41) is 10.5. The molecule has 0 aliphatic heterocycles. The van der Waals surface area contributed by atoms with Crippen LogP contribution in [0.15, 0.2) is 43.7 Å². The van der Waals surface area contributed by atoms with Crippen molar-refractivity contribution in [1.82, 2.24) is 0 Å². The minimum atomic E-state index is -0.690. The molecule has 108 valence electrons. The molecule has 1 aromatic heterocycles. The predicted molar refractivity (Wildman–Crippen MR) is 85.5 cm³/mol. The number of benzene rings is 1. The Bertz CT molecular complexity index is 749. The van der Waals surface area contributed by atoms with Crippen molar-refractivity contribution >= 4 is 49.6 Å². The van der Waals surface area contributed by atoms with Crippen molar-refractivity contribution in [1.29, 1.82) is 0 Å². The van der Waals surface area contributed by atoms with E-state index in [4.69, 9.17) is 4.42 Å². The zero-order valence-corrected chi connectivity index (χ0v) is 14.0. The first-order valence-corrected chi connectivity index (χ1v) is 7.39. The lowest BCUT2D eigenvalue weighted by atomic mass is 10.1. The number of rotatable bonds is 4. The standard InChI is InChI=1S/C14H9Br2NO4/c1-8-2-3-9(10(15)6-8)7-11(16)14(18)12-4-5-13(21-12)17(19)20/h2-7H,1H3/b11-7-. The van der Waals surface area contributed by atoms with Crippen LogP contribution >= 0.6 is 31.9 Å². The Hall–Kier alpha value is -1.73. The maximum absolute atomic E-state index is 12.1. The molecule has 0 spiro atoms. The van der Waals surface area contributed by atoms with Crippen LogP contribution in [-0.4, -0.2) is 10.7 Å². The van der Waals surface area contributed by atoms with Crippen molar-refractivity contribution in [3.05, 3.63) is 66.3 Å². The maximum atomic E-state index is 12.1. The molecular formula is C14H9Br2NO4. The van der Waals surface area contributed by atoms with Crippen LogP contribution in [0.3, 0.4) is 0 Å². The number of halogens is 2. The summed E-state index contributed by atoms with van der Waals surface area (Å²) < 4.78 is 5.98. The van der Waals surface area contributed by atoms with Crippen LogP contribution in [0.2, 0.25) is 0 Å². The molecule has 0 amide bonds. The first kappa shape index (κ1) is 15.7. The SMILES string of the molecule is Cc1ccc(/C=C(\Br)C(=O)c2ccc([N+](=O)[O-])o2)c(Br)c1. The van der Waals surface area contributed by atoms with Gasteiger partial charge in [0.2, 0.25) is 5.78 Å². The third-order valence-electron chi connectivity index (χ3n) is 2.65. The van der Waals surface area contributed by atoms with E-state index in [2.05, 4.69) is 31.9 Å². The maximum Gasteiger partial charge on any atom is 0.433 e. The van der Waals surface area contributed by atoms with Crippen molar-refractivity contribution < 1.29 is 14.1 Å². The summed E-state index contributed by atoms with van der Waals surface area (Å²) in [6.07, 6.45) is 1.63. The molecule has 0 N–H and O–H groups in total. The molecule has 0 unspecified atom stereocenters. The van der Waals surface area contributed by atoms with Gasteiger partial charge in [0.05, 0.1) is 10.5 Å². The van der Waals surface area contributed by atoms with Gasteiger partial charge in [0.15, 0.2) is 5.76 Å². The molecule has 0 radical (unpaired) electrons. The first-order chi connectivity index (χ1) is 9.88. The second-order valence-electron chi connectivity index (χ2n) is 4.24. The van der Waals surface area contributed by atoms with Gasteiger partial charge < -0.3 is 4.42 Å². The number of nitro groups is 1. The van der Waals surface area contributed by atoms with Gasteiger partial charge in [0, 0.05) is 4.47 Å². The number of furan rings is 1. The summed E-state index contributed by atoms with van der Waals surface area (Å²) in [6, 6.07) is 8.13. The molecule has 5 nitrogen and oxygen atoms in total. The molecule has 0 bridgehead atoms. The van der Waals surface area contributed by atoms with E-state index in [0.717, 1.165) is 21.7 Å². The average molecular weight is 415 g/mol. The van der Waals surface area contributed by atoms with E-state index >= 15 is 0 Å². The number of carbonyl (C=O) groups is 1. The summed E-state index contributed by atoms with van der Waals surface area (Å²) in [4.78, 5) is 22.0. The fraction of sp³-hybridized carbons (Fsp3) is 0.0714. The number of Topliss-reactive ketones (excluding diaryl/α,β-unsaturated/α-hetero) is 1. The van der Waals surface area contributed by atoms with Crippen LogP contribution in [0.25, 0.3) is 6.08 Å². The largest absolute Gasteiger partial charge is 0.433 e. The van der Waals surface area contributed by atoms with Gasteiger partial charge in [-0.2, -0.15) is 0 Å². The van der Waals surface area contributed by atoms with Gasteiger partial charge in [-0.3, -0.25) is 14.9 Å². The number of hydrogen-bond donors (Lipinski definition) is 0. The van der Waals surface area contributed by atoms with E-state index in [1.165, 1.54) is 6.07 Å². The minimum Gasteiger partial charge on any atom is -0.397 e. The summed E-state index contributed by atoms with van der Waals surface area (Å²) in [5.41, 5.74) is 1.89. The Morgan fingerprint density at radius 1 is 1.33 bits per heavy atom. The van der Waals surface area contributed by atoms with Crippen molar-refractivity contribution in [3.8, 4) is 0 Å². The van der Waals surface area contributed by atoms with Gasteiger partial charge >= 0.3 is 5.88 Å². The van der Waals surface area contributed by atoms with Crippen LogP contribution in [0.4, 0.5) is 5.88 Å². The highest BCUT2D eigenvalue weighted by Gasteiger charge is 2.19. The van der Waals surface area contributed by atoms with Crippen molar-refractivity contribution in [2.45, 2.75) is 6.92 Å². The summed E-state index contributed by atoms with van der Waals surface area (Å²) in [6.45, 7) is 1.96. The molecule has 7 heteroatoms. The molecule has 0 aliphatic carbocycles. The lowest BCUT2D eigenvalue weighted by Gasteiger charge is -2.01. The van der Waals surface area contributed by atoms with E-state index in [-0.39, 0.29) is 10.2 Å². The van der Waals surface area contributed by atoms with Crippen LogP contribution in [-0.2, 0) is 0 Å². The normalized spacial score (nSPS) is 11.5. The average Bonchev–Trinajstić information content (AvgIpc) is 2.90. The Kier molecular flexibility index (Phi) is 4.74. The second-order valence-corrected chi connectivity index (χ2v) is 5.95. The fourth-order valence-corrected chi connectivity index (χ4v) is 2.67. The van der Waals surface area contributed by atoms with E-state index < -0.39 is 16.6 Å². The number of ketones is 1. The molecule has 0 saturated carbocycles. The third-order valence-corrected chi connectivity index (χ3v) is 3.93. The zero-order chi connectivity index (χ0) is 15.6. The van der Waals surface area contributed by atoms with E-state index in [9.17, 15) is 14.9 Å². The number of nitrogens with zero attached hydrogens (tertiary/aromatic N) is 1. The highest BCUT2D eigenvalue weighted by molar-refractivity contribution is 9.12. The van der Waals surface area contributed by atoms with Gasteiger partial charge in [0.1, 0.15) is 4.92 Å². The van der Waals surface area contributed by atoms with Crippen molar-refractivity contribution in [3.63, 3.8) is 0 Å². The van der Waals surface area contributed by atoms with Crippen LogP contribution in [0.5, 0.6) is 0 Å². The van der Waals surface area contributed by atoms with E-state index in [0.29, 0.717) is 0 Å². The van der Waals surface area contributed by atoms with Gasteiger partial charge in [-0.15, -0.1) is 0 Å². The smallest absolute Gasteiger partial charge is 0.397 e. The highest BCUT2D eigenvalue weighted by Crippen LogP contribution is 2.26. The fourth-order valence-electron chi connectivity index (χ4n) is 1.62. The molecule has 1 aromatic carbocycles. The molecule has 0 aliphatic rings. The zero-order valence-electron chi connectivity index (χ0n) is 10.8. The summed E-state index contributed by atoms with van der Waals surface area (Å²) >= 11 is 6.59. The van der Waals surface area contributed by atoms with E-state index in [1.807, 2.05) is 25.1 Å². The van der Waals surface area contributed by atoms with Crippen molar-refractivity contribution in [2.24, 2.45) is 0 Å². The Morgan fingerprint density at radius 2 is 2.05 bits per heavy atom. The van der Waals surface area contributed by atoms with Gasteiger partial charge in [-0.1, -0.05) is 28.1 Å². The number of hydrogen-bond acceptors (Lipinski definition) is 4. The highest BCUT2D eigenvalue weighted by atomic mass is 79.9. The first-order valence-electron chi connectivity index (χ1n) is 5.81. The van der Waals surface area contributed by atoms with Crippen LogP contribution in [0.1, 0.15) is 21.7 Å². The third kappa shape index (κ3) is 3.68. The minimum absolute atomic E-state index is 0.0898. The number of carbonyl (C=O) groups excluding carboxylic acids is 1. The molecule has 21 heavy (non-hydrogen) atoms. The van der Waals surface area contributed by atoms with Crippen LogP contribution in [0, 0.1) is 17.0 Å². The monoisotopic (exact) mass is 413 g/mol. The second kappa shape index (κ2) is 6.36. The Labute approximate surface area is 137 Å². The Balaban J connectivity index is 2.29. The van der Waals surface area contributed by atoms with Crippen molar-refractivity contribution in [2.75, 3.05) is 0 Å². The molecule has 2 aromatic rings. The molecule has 2 rings (SSSR count). The molecule has 0 saturated heterocycles. The predicted octanol–water partition coefficient (Wildman–Crippen LogP) is 4.88. The quantitative estimate of drug-likeness (QED) is 0.309. The Morgan fingerprint density at radius 3 is 2.62 bits per heavy atom. The lowest BCUT2D eigenvalue weighted by molar-refractivity contribution is -0.402. The molecule has 0 fully saturated rings.